The van der Waals surface area contributed by atoms with E-state index in [1.807, 2.05) is 6.07 Å². The minimum Gasteiger partial charge on any atom is -0.462 e. The number of rotatable bonds is 5. The van der Waals surface area contributed by atoms with Gasteiger partial charge in [0.15, 0.2) is 0 Å². The van der Waals surface area contributed by atoms with Crippen molar-refractivity contribution in [2.45, 2.75) is 19.9 Å². The summed E-state index contributed by atoms with van der Waals surface area (Å²) in [5.74, 6) is 1.98. The van der Waals surface area contributed by atoms with Crippen LogP contribution in [0.25, 0.3) is 0 Å². The van der Waals surface area contributed by atoms with Gasteiger partial charge >= 0.3 is 5.97 Å². The number of nitrogens with zero attached hydrogens (tertiary/aromatic N) is 5. The average Bonchev–Trinajstić information content (AvgIpc) is 3.01. The number of anilines is 1. The monoisotopic (exact) mass is 337 g/mol. The van der Waals surface area contributed by atoms with Gasteiger partial charge in [0.1, 0.15) is 11.9 Å². The topological polar surface area (TPSA) is 84.0 Å². The Morgan fingerprint density at radius 1 is 1.40 bits per heavy atom. The molecule has 0 N–H and O–H groups in total. The molecule has 0 radical (unpaired) electrons. The molecular weight excluding hydrogens is 318 g/mol. The van der Waals surface area contributed by atoms with E-state index in [9.17, 15) is 10.1 Å². The Morgan fingerprint density at radius 3 is 2.92 bits per heavy atom. The third-order valence-electron chi connectivity index (χ3n) is 4.81. The van der Waals surface area contributed by atoms with E-state index in [0.29, 0.717) is 24.3 Å². The van der Waals surface area contributed by atoms with Crippen molar-refractivity contribution < 1.29 is 9.53 Å². The van der Waals surface area contributed by atoms with Crippen LogP contribution >= 0.6 is 0 Å². The van der Waals surface area contributed by atoms with E-state index in [-0.39, 0.29) is 5.97 Å². The number of carbonyl (C=O) groups excluding carboxylic acids is 1. The van der Waals surface area contributed by atoms with Crippen LogP contribution in [0.15, 0.2) is 24.7 Å². The summed E-state index contributed by atoms with van der Waals surface area (Å²) in [7, 11) is 0. The number of hydrogen-bond acceptors (Lipinski definition) is 6. The third kappa shape index (κ3) is 3.07. The molecule has 128 valence electrons. The lowest BCUT2D eigenvalue weighted by atomic mass is 10.2. The maximum Gasteiger partial charge on any atom is 0.341 e. The van der Waals surface area contributed by atoms with E-state index in [1.165, 1.54) is 12.6 Å². The summed E-state index contributed by atoms with van der Waals surface area (Å²) < 4.78 is 6.61. The Hall–Kier alpha value is -2.88. The second-order valence-corrected chi connectivity index (χ2v) is 6.63. The Labute approximate surface area is 145 Å². The summed E-state index contributed by atoms with van der Waals surface area (Å²) in [4.78, 5) is 18.4. The van der Waals surface area contributed by atoms with Crippen molar-refractivity contribution in [2.75, 3.05) is 24.6 Å². The highest BCUT2D eigenvalue weighted by Crippen LogP contribution is 2.46. The fraction of sp³-hybridized carbons (Fsp3) is 0.444. The first-order valence-corrected chi connectivity index (χ1v) is 8.51. The van der Waals surface area contributed by atoms with Crippen molar-refractivity contribution in [1.29, 1.82) is 5.26 Å². The van der Waals surface area contributed by atoms with Crippen LogP contribution in [0.1, 0.15) is 34.8 Å². The van der Waals surface area contributed by atoms with Gasteiger partial charge in [-0.1, -0.05) is 0 Å². The molecule has 1 saturated heterocycles. The van der Waals surface area contributed by atoms with Gasteiger partial charge in [-0.15, -0.1) is 0 Å². The van der Waals surface area contributed by atoms with Crippen molar-refractivity contribution in [3.8, 4) is 6.07 Å². The number of esters is 1. The predicted molar refractivity (Wildman–Crippen MR) is 90.0 cm³/mol. The molecule has 2 aromatic heterocycles. The Balaban J connectivity index is 1.49. The van der Waals surface area contributed by atoms with Crippen LogP contribution in [0, 0.1) is 23.2 Å². The molecule has 0 bridgehead atoms. The number of pyridine rings is 1. The molecule has 7 heteroatoms. The van der Waals surface area contributed by atoms with Crippen LogP contribution in [0.5, 0.6) is 0 Å². The minimum atomic E-state index is -0.382. The first kappa shape index (κ1) is 15.6. The Morgan fingerprint density at radius 2 is 2.20 bits per heavy atom. The molecule has 1 saturated carbocycles. The highest BCUT2D eigenvalue weighted by Gasteiger charge is 2.45. The number of carbonyl (C=O) groups is 1. The summed E-state index contributed by atoms with van der Waals surface area (Å²) in [5, 5.41) is 13.7. The molecule has 0 amide bonds. The molecular formula is C18H19N5O2. The predicted octanol–water partition coefficient (Wildman–Crippen LogP) is 1.83. The molecule has 2 fully saturated rings. The second kappa shape index (κ2) is 6.20. The Bertz CT molecular complexity index is 843. The number of ether oxygens (including phenoxy) is 1. The normalized spacial score (nSPS) is 20.9. The lowest BCUT2D eigenvalue weighted by molar-refractivity contribution is 0.0526. The molecule has 1 aliphatic carbocycles. The standard InChI is InChI=1S/C18H19N5O2/c1-2-25-18(24)16-7-21-23(11-16)8-12-3-13(5-19)17(20-6-12)22-9-14-4-15(14)10-22/h3,6-7,11,14-15H,2,4,8-10H2,1H3. The maximum absolute atomic E-state index is 11.7. The van der Waals surface area contributed by atoms with Gasteiger partial charge in [-0.3, -0.25) is 4.68 Å². The summed E-state index contributed by atoms with van der Waals surface area (Å²) in [5.41, 5.74) is 1.89. The van der Waals surface area contributed by atoms with E-state index in [1.54, 1.807) is 24.0 Å². The average molecular weight is 337 g/mol. The van der Waals surface area contributed by atoms with Gasteiger partial charge in [-0.2, -0.15) is 10.4 Å². The van der Waals surface area contributed by atoms with Gasteiger partial charge in [0.25, 0.3) is 0 Å². The van der Waals surface area contributed by atoms with E-state index >= 15 is 0 Å². The van der Waals surface area contributed by atoms with Crippen molar-refractivity contribution in [2.24, 2.45) is 11.8 Å². The molecule has 0 spiro atoms. The molecule has 2 aliphatic rings. The zero-order valence-corrected chi connectivity index (χ0v) is 14.1. The van der Waals surface area contributed by atoms with Crippen LogP contribution in [-0.2, 0) is 11.3 Å². The number of nitriles is 1. The fourth-order valence-corrected chi connectivity index (χ4v) is 3.45. The zero-order valence-electron chi connectivity index (χ0n) is 14.1. The summed E-state index contributed by atoms with van der Waals surface area (Å²) in [6.45, 7) is 4.57. The van der Waals surface area contributed by atoms with E-state index in [0.717, 1.165) is 36.3 Å². The molecule has 7 nitrogen and oxygen atoms in total. The van der Waals surface area contributed by atoms with Crippen molar-refractivity contribution in [3.63, 3.8) is 0 Å². The number of hydrogen-bond donors (Lipinski definition) is 0. The molecule has 1 aliphatic heterocycles. The first-order valence-electron chi connectivity index (χ1n) is 8.51. The first-order chi connectivity index (χ1) is 12.2. The maximum atomic E-state index is 11.7. The molecule has 2 atom stereocenters. The van der Waals surface area contributed by atoms with Gasteiger partial charge in [-0.25, -0.2) is 9.78 Å². The Kier molecular flexibility index (Phi) is 3.88. The quantitative estimate of drug-likeness (QED) is 0.774. The molecule has 0 aromatic carbocycles. The van der Waals surface area contributed by atoms with E-state index in [4.69, 9.17) is 4.74 Å². The van der Waals surface area contributed by atoms with Gasteiger partial charge in [0.05, 0.1) is 30.5 Å². The van der Waals surface area contributed by atoms with Crippen LogP contribution in [0.4, 0.5) is 5.82 Å². The SMILES string of the molecule is CCOC(=O)c1cnn(Cc2cnc(N3CC4CC4C3)c(C#N)c2)c1. The molecule has 25 heavy (non-hydrogen) atoms. The van der Waals surface area contributed by atoms with E-state index in [2.05, 4.69) is 21.1 Å². The van der Waals surface area contributed by atoms with Crippen molar-refractivity contribution in [3.05, 3.63) is 41.3 Å². The summed E-state index contributed by atoms with van der Waals surface area (Å²) in [6, 6.07) is 4.12. The smallest absolute Gasteiger partial charge is 0.341 e. The number of fused-ring (bicyclic) bond motifs is 1. The van der Waals surface area contributed by atoms with Crippen LogP contribution in [0.3, 0.4) is 0 Å². The third-order valence-corrected chi connectivity index (χ3v) is 4.81. The minimum absolute atomic E-state index is 0.332. The lowest BCUT2D eigenvalue weighted by Gasteiger charge is -2.20. The summed E-state index contributed by atoms with van der Waals surface area (Å²) in [6.07, 6.45) is 6.23. The highest BCUT2D eigenvalue weighted by molar-refractivity contribution is 5.88. The van der Waals surface area contributed by atoms with Gasteiger partial charge < -0.3 is 9.64 Å². The van der Waals surface area contributed by atoms with Gasteiger partial charge in [0.2, 0.25) is 0 Å². The summed E-state index contributed by atoms with van der Waals surface area (Å²) >= 11 is 0. The van der Waals surface area contributed by atoms with Gasteiger partial charge in [0, 0.05) is 25.5 Å². The van der Waals surface area contributed by atoms with E-state index < -0.39 is 0 Å². The number of aromatic nitrogens is 3. The molecule has 4 rings (SSSR count). The lowest BCUT2D eigenvalue weighted by Crippen LogP contribution is -2.24. The highest BCUT2D eigenvalue weighted by atomic mass is 16.5. The van der Waals surface area contributed by atoms with Crippen molar-refractivity contribution >= 4 is 11.8 Å². The number of piperidine rings is 1. The van der Waals surface area contributed by atoms with Gasteiger partial charge in [-0.05, 0) is 36.8 Å². The van der Waals surface area contributed by atoms with Crippen LogP contribution < -0.4 is 4.90 Å². The second-order valence-electron chi connectivity index (χ2n) is 6.63. The van der Waals surface area contributed by atoms with Crippen molar-refractivity contribution in [1.82, 2.24) is 14.8 Å². The fourth-order valence-electron chi connectivity index (χ4n) is 3.45. The van der Waals surface area contributed by atoms with Crippen LogP contribution in [0.2, 0.25) is 0 Å². The zero-order chi connectivity index (χ0) is 17.4. The molecule has 3 heterocycles. The largest absolute Gasteiger partial charge is 0.462 e. The molecule has 2 unspecified atom stereocenters. The van der Waals surface area contributed by atoms with Crippen LogP contribution in [-0.4, -0.2) is 40.4 Å². The molecule has 2 aromatic rings.